The van der Waals surface area contributed by atoms with Crippen molar-refractivity contribution in [3.8, 4) is 17.7 Å². The summed E-state index contributed by atoms with van der Waals surface area (Å²) in [6.45, 7) is 3.73. The van der Waals surface area contributed by atoms with Gasteiger partial charge in [0.2, 0.25) is 11.7 Å². The lowest BCUT2D eigenvalue weighted by Crippen LogP contribution is -2.68. The third-order valence-electron chi connectivity index (χ3n) is 9.35. The molecule has 1 spiro atoms. The molecule has 1 N–H and O–H groups in total. The van der Waals surface area contributed by atoms with E-state index in [1.54, 1.807) is 48.9 Å². The van der Waals surface area contributed by atoms with Gasteiger partial charge in [0, 0.05) is 48.1 Å². The molecule has 4 aromatic heterocycles. The Morgan fingerprint density at radius 2 is 1.90 bits per heavy atom. The molecule has 0 amide bonds. The molecule has 0 radical (unpaired) electrons. The summed E-state index contributed by atoms with van der Waals surface area (Å²) in [5, 5.41) is 10.6. The second-order valence-electron chi connectivity index (χ2n) is 12.4. The number of ether oxygens (including phenoxy) is 3. The van der Waals surface area contributed by atoms with E-state index in [0.29, 0.717) is 48.6 Å². The number of pyridine rings is 2. The maximum Gasteiger partial charge on any atom is 0.451 e. The summed E-state index contributed by atoms with van der Waals surface area (Å²) in [5.41, 5.74) is 1.64. The molecule has 0 bridgehead atoms. The normalized spacial score (nSPS) is 21.6. The van der Waals surface area contributed by atoms with Crippen molar-refractivity contribution in [3.63, 3.8) is 0 Å². The van der Waals surface area contributed by atoms with E-state index >= 15 is 0 Å². The van der Waals surface area contributed by atoms with E-state index in [0.717, 1.165) is 5.56 Å². The van der Waals surface area contributed by atoms with Gasteiger partial charge in [-0.1, -0.05) is 24.0 Å². The van der Waals surface area contributed by atoms with Gasteiger partial charge in [-0.25, -0.2) is 19.7 Å². The Morgan fingerprint density at radius 1 is 1.08 bits per heavy atom. The summed E-state index contributed by atoms with van der Waals surface area (Å²) < 4.78 is 66.3. The molecule has 15 heteroatoms. The number of fused-ring (bicyclic) bond motifs is 3. The van der Waals surface area contributed by atoms with Crippen molar-refractivity contribution in [2.24, 2.45) is 0 Å². The van der Waals surface area contributed by atoms with Crippen molar-refractivity contribution in [2.45, 2.75) is 43.3 Å². The van der Waals surface area contributed by atoms with E-state index in [4.69, 9.17) is 18.6 Å². The zero-order chi connectivity index (χ0) is 34.6. The van der Waals surface area contributed by atoms with Gasteiger partial charge in [-0.15, -0.1) is 0 Å². The number of halogens is 3. The van der Waals surface area contributed by atoms with E-state index in [-0.39, 0.29) is 41.8 Å². The topological polar surface area (TPSA) is 136 Å². The van der Waals surface area contributed by atoms with Crippen LogP contribution in [0.15, 0.2) is 65.5 Å². The highest BCUT2D eigenvalue weighted by Crippen LogP contribution is 2.41. The molecule has 50 heavy (non-hydrogen) atoms. The average molecular weight is 687 g/mol. The van der Waals surface area contributed by atoms with Crippen molar-refractivity contribution in [1.82, 2.24) is 19.9 Å². The van der Waals surface area contributed by atoms with Crippen molar-refractivity contribution in [3.05, 3.63) is 78.0 Å². The Kier molecular flexibility index (Phi) is 7.72. The van der Waals surface area contributed by atoms with Crippen molar-refractivity contribution < 1.29 is 41.7 Å². The van der Waals surface area contributed by atoms with Crippen LogP contribution in [0, 0.1) is 11.8 Å². The van der Waals surface area contributed by atoms with Crippen LogP contribution in [-0.2, 0) is 20.4 Å². The minimum atomic E-state index is -4.90. The Morgan fingerprint density at radius 3 is 2.64 bits per heavy atom. The van der Waals surface area contributed by atoms with Crippen molar-refractivity contribution >= 4 is 39.5 Å². The molecule has 3 fully saturated rings. The number of carboxylic acid groups (broad SMARTS) is 1. The van der Waals surface area contributed by atoms with Crippen LogP contribution in [0.3, 0.4) is 0 Å². The van der Waals surface area contributed by atoms with Gasteiger partial charge in [-0.2, -0.15) is 13.2 Å². The maximum absolute atomic E-state index is 14.1. The quantitative estimate of drug-likeness (QED) is 0.257. The summed E-state index contributed by atoms with van der Waals surface area (Å²) in [7, 11) is 0. The second-order valence-corrected chi connectivity index (χ2v) is 12.4. The summed E-state index contributed by atoms with van der Waals surface area (Å²) in [6.07, 6.45) is -0.876. The Balaban J connectivity index is 1.16. The Hall–Kier alpha value is -5.46. The SMILES string of the molecule is C[C@@H]1N(c2cc(C#Cc3cccnc3)cnc2O[C@H]2C[C@@H](C(=O)O)N(c3nc(C(F)(F)F)nc4c3oc3ccccc34)C2)CCOC12COC2. The lowest BCUT2D eigenvalue weighted by atomic mass is 9.90. The number of anilines is 2. The zero-order valence-corrected chi connectivity index (χ0v) is 26.6. The number of benzene rings is 1. The van der Waals surface area contributed by atoms with E-state index in [1.807, 2.05) is 19.1 Å². The second kappa shape index (κ2) is 12.1. The fraction of sp³-hybridized carbons (Fsp3) is 0.343. The molecule has 3 aliphatic rings. The van der Waals surface area contributed by atoms with Gasteiger partial charge in [-0.3, -0.25) is 4.98 Å². The lowest BCUT2D eigenvalue weighted by Gasteiger charge is -2.53. The number of hydrogen-bond acceptors (Lipinski definition) is 11. The number of alkyl halides is 3. The molecule has 5 aromatic rings. The lowest BCUT2D eigenvalue weighted by molar-refractivity contribution is -0.228. The molecule has 7 heterocycles. The van der Waals surface area contributed by atoms with Crippen LogP contribution < -0.4 is 14.5 Å². The molecule has 3 saturated heterocycles. The summed E-state index contributed by atoms with van der Waals surface area (Å²) in [4.78, 5) is 32.3. The monoisotopic (exact) mass is 686 g/mol. The number of para-hydroxylation sites is 1. The number of rotatable bonds is 5. The highest BCUT2D eigenvalue weighted by molar-refractivity contribution is 6.06. The number of furan rings is 1. The predicted octanol–water partition coefficient (Wildman–Crippen LogP) is 4.69. The first-order valence-corrected chi connectivity index (χ1v) is 15.9. The molecule has 8 rings (SSSR count). The number of carbonyl (C=O) groups is 1. The van der Waals surface area contributed by atoms with Crippen LogP contribution >= 0.6 is 0 Å². The highest BCUT2D eigenvalue weighted by atomic mass is 19.4. The van der Waals surface area contributed by atoms with Crippen LogP contribution in [0.4, 0.5) is 24.7 Å². The largest absolute Gasteiger partial charge is 0.480 e. The standard InChI is InChI=1S/C35H29F3N6O6/c1-20-34(18-47-19-34)48-12-11-43(20)25-13-22(9-8-21-5-4-10-39-15-21)16-40-31(25)49-23-14-26(32(45)46)44(17-23)30-29-28(41-33(42-30)35(36,37)38)24-6-2-3-7-27(24)50-29/h2-7,10,13,15-16,20,23,26H,11-12,14,17-19H2,1H3,(H,45,46)/t20-,23-,26-/m0/s1. The predicted molar refractivity (Wildman–Crippen MR) is 173 cm³/mol. The van der Waals surface area contributed by atoms with Gasteiger partial charge in [0.1, 0.15) is 34.5 Å². The van der Waals surface area contributed by atoms with Crippen LogP contribution in [0.2, 0.25) is 0 Å². The minimum Gasteiger partial charge on any atom is -0.480 e. The fourth-order valence-corrected chi connectivity index (χ4v) is 6.70. The first-order valence-electron chi connectivity index (χ1n) is 15.9. The number of morpholine rings is 1. The van der Waals surface area contributed by atoms with Gasteiger partial charge < -0.3 is 33.5 Å². The zero-order valence-electron chi connectivity index (χ0n) is 26.6. The van der Waals surface area contributed by atoms with Crippen LogP contribution in [0.25, 0.3) is 22.1 Å². The summed E-state index contributed by atoms with van der Waals surface area (Å²) >= 11 is 0. The van der Waals surface area contributed by atoms with Crippen molar-refractivity contribution in [1.29, 1.82) is 0 Å². The number of hydrogen-bond donors (Lipinski definition) is 1. The van der Waals surface area contributed by atoms with Crippen LogP contribution in [0.5, 0.6) is 5.88 Å². The van der Waals surface area contributed by atoms with Crippen LogP contribution in [-0.4, -0.2) is 87.7 Å². The molecular weight excluding hydrogens is 657 g/mol. The Labute approximate surface area is 282 Å². The van der Waals surface area contributed by atoms with Crippen molar-refractivity contribution in [2.75, 3.05) is 42.7 Å². The van der Waals surface area contributed by atoms with E-state index in [9.17, 15) is 23.1 Å². The molecule has 1 aromatic carbocycles. The van der Waals surface area contributed by atoms with E-state index in [1.165, 1.54) is 4.90 Å². The molecule has 3 aliphatic heterocycles. The number of aromatic nitrogens is 4. The molecule has 0 unspecified atom stereocenters. The molecule has 0 aliphatic carbocycles. The van der Waals surface area contributed by atoms with E-state index < -0.39 is 35.7 Å². The van der Waals surface area contributed by atoms with Gasteiger partial charge in [0.15, 0.2) is 11.4 Å². The minimum absolute atomic E-state index is 0.0448. The number of carboxylic acids is 1. The average Bonchev–Trinajstić information content (AvgIpc) is 3.69. The fourth-order valence-electron chi connectivity index (χ4n) is 6.70. The third kappa shape index (κ3) is 5.60. The van der Waals surface area contributed by atoms with Gasteiger partial charge in [-0.05, 0) is 37.3 Å². The van der Waals surface area contributed by atoms with E-state index in [2.05, 4.69) is 36.7 Å². The molecule has 256 valence electrons. The Bertz CT molecular complexity index is 2160. The number of nitrogens with zero attached hydrogens (tertiary/aromatic N) is 6. The first-order chi connectivity index (χ1) is 24.1. The summed E-state index contributed by atoms with van der Waals surface area (Å²) in [6, 6.07) is 10.6. The molecular formula is C35H29F3N6O6. The van der Waals surface area contributed by atoms with Gasteiger partial charge in [0.05, 0.1) is 32.4 Å². The number of aliphatic carboxylic acids is 1. The molecule has 0 saturated carbocycles. The molecule has 3 atom stereocenters. The summed E-state index contributed by atoms with van der Waals surface area (Å²) in [5.74, 6) is 3.51. The first kappa shape index (κ1) is 31.8. The maximum atomic E-state index is 14.1. The van der Waals surface area contributed by atoms with Crippen LogP contribution in [0.1, 0.15) is 30.3 Å². The van der Waals surface area contributed by atoms with Gasteiger partial charge >= 0.3 is 12.1 Å². The third-order valence-corrected chi connectivity index (χ3v) is 9.35. The highest BCUT2D eigenvalue weighted by Gasteiger charge is 2.50. The smallest absolute Gasteiger partial charge is 0.451 e. The molecule has 12 nitrogen and oxygen atoms in total. The van der Waals surface area contributed by atoms with Gasteiger partial charge in [0.25, 0.3) is 0 Å².